The van der Waals surface area contributed by atoms with Crippen molar-refractivity contribution in [3.8, 4) is 0 Å². The summed E-state index contributed by atoms with van der Waals surface area (Å²) >= 11 is 0. The van der Waals surface area contributed by atoms with Crippen molar-refractivity contribution in [2.45, 2.75) is 18.7 Å². The SMILES string of the molecule is Cc1ccc(C=CC(=O)c2ccc(S(=O)(=O)N(C)C)cc2)cc1C. The predicted molar refractivity (Wildman–Crippen MR) is 96.6 cm³/mol. The third kappa shape index (κ3) is 3.99. The van der Waals surface area contributed by atoms with Gasteiger partial charge in [0.15, 0.2) is 5.78 Å². The topological polar surface area (TPSA) is 54.5 Å². The lowest BCUT2D eigenvalue weighted by molar-refractivity contribution is 0.104. The average molecular weight is 343 g/mol. The van der Waals surface area contributed by atoms with Crippen molar-refractivity contribution in [2.24, 2.45) is 0 Å². The van der Waals surface area contributed by atoms with Gasteiger partial charge in [0.2, 0.25) is 10.0 Å². The zero-order valence-corrected chi connectivity index (χ0v) is 15.1. The second kappa shape index (κ2) is 7.11. The highest BCUT2D eigenvalue weighted by Crippen LogP contribution is 2.15. The van der Waals surface area contributed by atoms with Crippen LogP contribution in [0.3, 0.4) is 0 Å². The molecule has 5 heteroatoms. The summed E-state index contributed by atoms with van der Waals surface area (Å²) in [4.78, 5) is 12.4. The van der Waals surface area contributed by atoms with Gasteiger partial charge in [0.1, 0.15) is 0 Å². The lowest BCUT2D eigenvalue weighted by Crippen LogP contribution is -2.22. The van der Waals surface area contributed by atoms with E-state index >= 15 is 0 Å². The molecule has 0 aliphatic carbocycles. The van der Waals surface area contributed by atoms with E-state index in [0.29, 0.717) is 5.56 Å². The fourth-order valence-corrected chi connectivity index (χ4v) is 3.04. The van der Waals surface area contributed by atoms with E-state index in [2.05, 4.69) is 0 Å². The highest BCUT2D eigenvalue weighted by Gasteiger charge is 2.17. The lowest BCUT2D eigenvalue weighted by Gasteiger charge is -2.11. The molecule has 0 fully saturated rings. The molecule has 4 nitrogen and oxygen atoms in total. The Morgan fingerprint density at radius 2 is 1.58 bits per heavy atom. The fourth-order valence-electron chi connectivity index (χ4n) is 2.14. The number of benzene rings is 2. The van der Waals surface area contributed by atoms with Crippen LogP contribution in [0, 0.1) is 13.8 Å². The first-order valence-corrected chi connectivity index (χ1v) is 8.98. The first-order chi connectivity index (χ1) is 11.2. The van der Waals surface area contributed by atoms with E-state index in [0.717, 1.165) is 9.87 Å². The minimum Gasteiger partial charge on any atom is -0.289 e. The monoisotopic (exact) mass is 343 g/mol. The summed E-state index contributed by atoms with van der Waals surface area (Å²) in [6.45, 7) is 4.07. The van der Waals surface area contributed by atoms with Crippen molar-refractivity contribution in [3.63, 3.8) is 0 Å². The molecular formula is C19H21NO3S. The molecule has 2 aromatic rings. The number of hydrogen-bond donors (Lipinski definition) is 0. The van der Waals surface area contributed by atoms with Crippen LogP contribution in [0.25, 0.3) is 6.08 Å². The molecule has 2 aromatic carbocycles. The zero-order chi connectivity index (χ0) is 17.9. The summed E-state index contributed by atoms with van der Waals surface area (Å²) in [6.07, 6.45) is 3.26. The van der Waals surface area contributed by atoms with Crippen molar-refractivity contribution >= 4 is 21.9 Å². The van der Waals surface area contributed by atoms with Crippen molar-refractivity contribution in [1.29, 1.82) is 0 Å². The van der Waals surface area contributed by atoms with Crippen LogP contribution in [0.5, 0.6) is 0 Å². The molecule has 0 heterocycles. The smallest absolute Gasteiger partial charge is 0.242 e. The molecule has 2 rings (SSSR count). The number of ketones is 1. The number of nitrogens with zero attached hydrogens (tertiary/aromatic N) is 1. The molecule has 126 valence electrons. The van der Waals surface area contributed by atoms with Gasteiger partial charge in [0, 0.05) is 19.7 Å². The minimum absolute atomic E-state index is 0.165. The van der Waals surface area contributed by atoms with Gasteiger partial charge >= 0.3 is 0 Å². The van der Waals surface area contributed by atoms with Crippen LogP contribution < -0.4 is 0 Å². The van der Waals surface area contributed by atoms with Crippen molar-refractivity contribution in [1.82, 2.24) is 4.31 Å². The number of carbonyl (C=O) groups excluding carboxylic acids is 1. The van der Waals surface area contributed by atoms with E-state index in [-0.39, 0.29) is 10.7 Å². The first kappa shape index (κ1) is 18.1. The average Bonchev–Trinajstić information content (AvgIpc) is 2.55. The van der Waals surface area contributed by atoms with Crippen molar-refractivity contribution < 1.29 is 13.2 Å². The highest BCUT2D eigenvalue weighted by molar-refractivity contribution is 7.89. The Morgan fingerprint density at radius 1 is 0.958 bits per heavy atom. The maximum absolute atomic E-state index is 12.2. The molecule has 0 radical (unpaired) electrons. The van der Waals surface area contributed by atoms with Crippen LogP contribution in [-0.4, -0.2) is 32.6 Å². The van der Waals surface area contributed by atoms with Gasteiger partial charge in [0.25, 0.3) is 0 Å². The van der Waals surface area contributed by atoms with Crippen LogP contribution in [0.15, 0.2) is 53.4 Å². The summed E-state index contributed by atoms with van der Waals surface area (Å²) in [6, 6.07) is 12.0. The largest absolute Gasteiger partial charge is 0.289 e. The van der Waals surface area contributed by atoms with E-state index in [4.69, 9.17) is 0 Å². The Kier molecular flexibility index (Phi) is 5.36. The maximum Gasteiger partial charge on any atom is 0.242 e. The van der Waals surface area contributed by atoms with E-state index in [9.17, 15) is 13.2 Å². The Hall–Kier alpha value is -2.24. The van der Waals surface area contributed by atoms with Gasteiger partial charge in [-0.3, -0.25) is 4.79 Å². The van der Waals surface area contributed by atoms with Crippen LogP contribution in [0.4, 0.5) is 0 Å². The van der Waals surface area contributed by atoms with Gasteiger partial charge in [-0.2, -0.15) is 0 Å². The number of sulfonamides is 1. The van der Waals surface area contributed by atoms with Crippen LogP contribution in [-0.2, 0) is 10.0 Å². The van der Waals surface area contributed by atoms with E-state index in [1.807, 2.05) is 32.0 Å². The Balaban J connectivity index is 2.18. The Bertz CT molecular complexity index is 879. The number of hydrogen-bond acceptors (Lipinski definition) is 3. The van der Waals surface area contributed by atoms with Crippen LogP contribution in [0.1, 0.15) is 27.0 Å². The Morgan fingerprint density at radius 3 is 2.12 bits per heavy atom. The number of allylic oxidation sites excluding steroid dienone is 1. The molecule has 0 saturated carbocycles. The van der Waals surface area contributed by atoms with Crippen LogP contribution in [0.2, 0.25) is 0 Å². The summed E-state index contributed by atoms with van der Waals surface area (Å²) in [5.74, 6) is -0.165. The number of aryl methyl sites for hydroxylation is 2. The first-order valence-electron chi connectivity index (χ1n) is 7.54. The molecule has 0 atom stereocenters. The normalized spacial score (nSPS) is 12.0. The molecule has 0 saturated heterocycles. The third-order valence-electron chi connectivity index (χ3n) is 3.88. The second-order valence-electron chi connectivity index (χ2n) is 5.85. The molecule has 0 aliphatic heterocycles. The number of carbonyl (C=O) groups is 1. The van der Waals surface area contributed by atoms with Gasteiger partial charge < -0.3 is 0 Å². The molecule has 0 aliphatic rings. The molecule has 0 amide bonds. The second-order valence-corrected chi connectivity index (χ2v) is 8.00. The van der Waals surface area contributed by atoms with E-state index in [1.165, 1.54) is 55.6 Å². The van der Waals surface area contributed by atoms with Gasteiger partial charge in [-0.1, -0.05) is 24.3 Å². The summed E-state index contributed by atoms with van der Waals surface area (Å²) in [5.41, 5.74) is 3.78. The predicted octanol–water partition coefficient (Wildman–Crippen LogP) is 3.45. The molecule has 0 unspecified atom stereocenters. The van der Waals surface area contributed by atoms with Gasteiger partial charge in [-0.25, -0.2) is 12.7 Å². The van der Waals surface area contributed by atoms with Gasteiger partial charge in [-0.15, -0.1) is 0 Å². The van der Waals surface area contributed by atoms with Crippen LogP contribution >= 0.6 is 0 Å². The molecule has 0 N–H and O–H groups in total. The summed E-state index contributed by atoms with van der Waals surface area (Å²) in [7, 11) is -0.534. The molecule has 0 bridgehead atoms. The molecule has 24 heavy (non-hydrogen) atoms. The zero-order valence-electron chi connectivity index (χ0n) is 14.3. The molecular weight excluding hydrogens is 322 g/mol. The highest BCUT2D eigenvalue weighted by atomic mass is 32.2. The number of rotatable bonds is 5. The van der Waals surface area contributed by atoms with Crippen molar-refractivity contribution in [3.05, 3.63) is 70.8 Å². The summed E-state index contributed by atoms with van der Waals surface area (Å²) in [5, 5.41) is 0. The Labute approximate surface area is 143 Å². The lowest BCUT2D eigenvalue weighted by atomic mass is 10.0. The minimum atomic E-state index is -3.48. The van der Waals surface area contributed by atoms with Gasteiger partial charge in [-0.05, 0) is 60.9 Å². The fraction of sp³-hybridized carbons (Fsp3) is 0.211. The van der Waals surface area contributed by atoms with E-state index in [1.54, 1.807) is 6.08 Å². The van der Waals surface area contributed by atoms with Crippen molar-refractivity contribution in [2.75, 3.05) is 14.1 Å². The maximum atomic E-state index is 12.2. The standard InChI is InChI=1S/C19H21NO3S/c1-14-5-6-16(13-15(14)2)7-12-19(21)17-8-10-18(11-9-17)24(22,23)20(3)4/h5-13H,1-4H3. The molecule has 0 spiro atoms. The van der Waals surface area contributed by atoms with Gasteiger partial charge in [0.05, 0.1) is 4.90 Å². The molecule has 0 aromatic heterocycles. The third-order valence-corrected chi connectivity index (χ3v) is 5.70. The quantitative estimate of drug-likeness (QED) is 0.617. The summed E-state index contributed by atoms with van der Waals surface area (Å²) < 4.78 is 25.2. The van der Waals surface area contributed by atoms with E-state index < -0.39 is 10.0 Å².